The lowest BCUT2D eigenvalue weighted by Crippen LogP contribution is -2.38. The van der Waals surface area contributed by atoms with Gasteiger partial charge in [0, 0.05) is 31.6 Å². The fourth-order valence-corrected chi connectivity index (χ4v) is 2.61. The van der Waals surface area contributed by atoms with E-state index in [1.54, 1.807) is 12.1 Å². The molecule has 2 heterocycles. The first-order chi connectivity index (χ1) is 10.2. The lowest BCUT2D eigenvalue weighted by Gasteiger charge is -2.33. The number of nitrogens with zero attached hydrogens (tertiary/aromatic N) is 2. The summed E-state index contributed by atoms with van der Waals surface area (Å²) in [5.74, 6) is 1.54. The van der Waals surface area contributed by atoms with Crippen LogP contribution in [0.1, 0.15) is 18.5 Å². The molecule has 0 aliphatic carbocycles. The van der Waals surface area contributed by atoms with Crippen molar-refractivity contribution in [2.24, 2.45) is 0 Å². The fraction of sp³-hybridized carbons (Fsp3) is 0.353. The molecule has 0 radical (unpaired) electrons. The number of halogens is 1. The molecule has 2 aromatic rings. The highest BCUT2D eigenvalue weighted by atomic mass is 19.1. The van der Waals surface area contributed by atoms with Crippen molar-refractivity contribution < 1.29 is 9.13 Å². The van der Waals surface area contributed by atoms with Crippen molar-refractivity contribution in [1.82, 2.24) is 4.98 Å². The van der Waals surface area contributed by atoms with Gasteiger partial charge in [0.15, 0.2) is 0 Å². The molecule has 0 unspecified atom stereocenters. The fourth-order valence-electron chi connectivity index (χ4n) is 2.61. The third-order valence-electron chi connectivity index (χ3n) is 3.76. The molecule has 0 amide bonds. The van der Waals surface area contributed by atoms with Crippen molar-refractivity contribution >= 4 is 5.82 Å². The molecule has 21 heavy (non-hydrogen) atoms. The molecule has 1 saturated heterocycles. The molecule has 3 nitrogen and oxygen atoms in total. The van der Waals surface area contributed by atoms with Gasteiger partial charge in [0.1, 0.15) is 23.5 Å². The Morgan fingerprint density at radius 3 is 2.48 bits per heavy atom. The van der Waals surface area contributed by atoms with Crippen LogP contribution in [0.25, 0.3) is 0 Å². The zero-order chi connectivity index (χ0) is 14.7. The Labute approximate surface area is 124 Å². The van der Waals surface area contributed by atoms with Gasteiger partial charge >= 0.3 is 0 Å². The van der Waals surface area contributed by atoms with Crippen molar-refractivity contribution in [3.63, 3.8) is 0 Å². The normalized spacial score (nSPS) is 16.0. The van der Waals surface area contributed by atoms with Gasteiger partial charge in [0.2, 0.25) is 0 Å². The number of piperidine rings is 1. The third kappa shape index (κ3) is 3.51. The van der Waals surface area contributed by atoms with E-state index < -0.39 is 0 Å². The summed E-state index contributed by atoms with van der Waals surface area (Å²) in [4.78, 5) is 6.85. The van der Waals surface area contributed by atoms with Crippen LogP contribution in [-0.4, -0.2) is 24.2 Å². The molecule has 0 spiro atoms. The maximum Gasteiger partial charge on any atom is 0.128 e. The SMILES string of the molecule is Cc1cccc(N2CCC(Oc3ccc(F)cc3)CC2)n1. The van der Waals surface area contributed by atoms with Gasteiger partial charge in [-0.25, -0.2) is 9.37 Å². The van der Waals surface area contributed by atoms with Crippen LogP contribution in [0.2, 0.25) is 0 Å². The molecule has 1 fully saturated rings. The Morgan fingerprint density at radius 2 is 1.81 bits per heavy atom. The van der Waals surface area contributed by atoms with Crippen LogP contribution in [0, 0.1) is 12.7 Å². The molecule has 1 aromatic heterocycles. The first kappa shape index (κ1) is 13.9. The summed E-state index contributed by atoms with van der Waals surface area (Å²) in [6.07, 6.45) is 2.09. The van der Waals surface area contributed by atoms with E-state index in [9.17, 15) is 4.39 Å². The molecule has 0 atom stereocenters. The molecule has 0 N–H and O–H groups in total. The van der Waals surface area contributed by atoms with Crippen LogP contribution >= 0.6 is 0 Å². The Balaban J connectivity index is 1.56. The summed E-state index contributed by atoms with van der Waals surface area (Å²) in [6.45, 7) is 3.87. The summed E-state index contributed by atoms with van der Waals surface area (Å²) < 4.78 is 18.8. The van der Waals surface area contributed by atoms with Crippen LogP contribution in [0.15, 0.2) is 42.5 Å². The molecule has 1 aliphatic heterocycles. The van der Waals surface area contributed by atoms with E-state index in [-0.39, 0.29) is 11.9 Å². The summed E-state index contributed by atoms with van der Waals surface area (Å²) in [7, 11) is 0. The molecule has 4 heteroatoms. The number of hydrogen-bond acceptors (Lipinski definition) is 3. The van der Waals surface area contributed by atoms with Gasteiger partial charge in [-0.2, -0.15) is 0 Å². The maximum atomic E-state index is 12.9. The van der Waals surface area contributed by atoms with E-state index >= 15 is 0 Å². The van der Waals surface area contributed by atoms with Crippen molar-refractivity contribution in [2.75, 3.05) is 18.0 Å². The van der Waals surface area contributed by atoms with Crippen LogP contribution in [0.4, 0.5) is 10.2 Å². The van der Waals surface area contributed by atoms with Crippen LogP contribution < -0.4 is 9.64 Å². The summed E-state index contributed by atoms with van der Waals surface area (Å²) in [5.41, 5.74) is 1.04. The van der Waals surface area contributed by atoms with E-state index in [2.05, 4.69) is 9.88 Å². The number of hydrogen-bond donors (Lipinski definition) is 0. The highest BCUT2D eigenvalue weighted by Crippen LogP contribution is 2.22. The molecule has 0 bridgehead atoms. The van der Waals surface area contributed by atoms with E-state index in [0.717, 1.165) is 43.2 Å². The first-order valence-electron chi connectivity index (χ1n) is 7.31. The summed E-state index contributed by atoms with van der Waals surface area (Å²) >= 11 is 0. The number of ether oxygens (including phenoxy) is 1. The summed E-state index contributed by atoms with van der Waals surface area (Å²) in [6, 6.07) is 12.3. The second-order valence-electron chi connectivity index (χ2n) is 5.40. The minimum Gasteiger partial charge on any atom is -0.490 e. The second kappa shape index (κ2) is 6.12. The number of aryl methyl sites for hydroxylation is 1. The highest BCUT2D eigenvalue weighted by Gasteiger charge is 2.21. The van der Waals surface area contributed by atoms with Crippen molar-refractivity contribution in [3.8, 4) is 5.75 Å². The predicted molar refractivity (Wildman–Crippen MR) is 81.2 cm³/mol. The van der Waals surface area contributed by atoms with Gasteiger partial charge in [0.05, 0.1) is 0 Å². The van der Waals surface area contributed by atoms with E-state index in [1.165, 1.54) is 12.1 Å². The minimum absolute atomic E-state index is 0.191. The monoisotopic (exact) mass is 286 g/mol. The smallest absolute Gasteiger partial charge is 0.128 e. The summed E-state index contributed by atoms with van der Waals surface area (Å²) in [5, 5.41) is 0. The van der Waals surface area contributed by atoms with E-state index in [1.807, 2.05) is 25.1 Å². The lowest BCUT2D eigenvalue weighted by atomic mass is 10.1. The number of pyridine rings is 1. The number of anilines is 1. The van der Waals surface area contributed by atoms with Crippen molar-refractivity contribution in [3.05, 3.63) is 54.0 Å². The molecule has 1 aromatic carbocycles. The van der Waals surface area contributed by atoms with Crippen LogP contribution in [0.3, 0.4) is 0 Å². The lowest BCUT2D eigenvalue weighted by molar-refractivity contribution is 0.170. The average Bonchev–Trinajstić information content (AvgIpc) is 2.50. The Hall–Kier alpha value is -2.10. The number of rotatable bonds is 3. The topological polar surface area (TPSA) is 25.4 Å². The largest absolute Gasteiger partial charge is 0.490 e. The van der Waals surface area contributed by atoms with Gasteiger partial charge in [-0.15, -0.1) is 0 Å². The predicted octanol–water partition coefficient (Wildman–Crippen LogP) is 3.58. The van der Waals surface area contributed by atoms with Crippen molar-refractivity contribution in [1.29, 1.82) is 0 Å². The van der Waals surface area contributed by atoms with E-state index in [4.69, 9.17) is 4.74 Å². The standard InChI is InChI=1S/C17H19FN2O/c1-13-3-2-4-17(19-13)20-11-9-16(10-12-20)21-15-7-5-14(18)6-8-15/h2-8,16H,9-12H2,1H3. The zero-order valence-electron chi connectivity index (χ0n) is 12.1. The minimum atomic E-state index is -0.234. The van der Waals surface area contributed by atoms with Gasteiger partial charge in [-0.3, -0.25) is 0 Å². The Morgan fingerprint density at radius 1 is 1.10 bits per heavy atom. The number of aromatic nitrogens is 1. The molecule has 3 rings (SSSR count). The second-order valence-corrected chi connectivity index (χ2v) is 5.40. The average molecular weight is 286 g/mol. The quantitative estimate of drug-likeness (QED) is 0.862. The first-order valence-corrected chi connectivity index (χ1v) is 7.31. The van der Waals surface area contributed by atoms with Crippen LogP contribution in [-0.2, 0) is 0 Å². The van der Waals surface area contributed by atoms with Gasteiger partial charge in [-0.1, -0.05) is 6.07 Å². The molecule has 0 saturated carbocycles. The van der Waals surface area contributed by atoms with Crippen LogP contribution in [0.5, 0.6) is 5.75 Å². The zero-order valence-corrected chi connectivity index (χ0v) is 12.1. The number of benzene rings is 1. The molecular formula is C17H19FN2O. The molecule has 110 valence electrons. The van der Waals surface area contributed by atoms with Gasteiger partial charge in [0.25, 0.3) is 0 Å². The molecular weight excluding hydrogens is 267 g/mol. The Bertz CT molecular complexity index is 592. The third-order valence-corrected chi connectivity index (χ3v) is 3.76. The Kier molecular flexibility index (Phi) is 4.04. The van der Waals surface area contributed by atoms with Gasteiger partial charge in [-0.05, 0) is 43.3 Å². The van der Waals surface area contributed by atoms with E-state index in [0.29, 0.717) is 0 Å². The van der Waals surface area contributed by atoms with Crippen molar-refractivity contribution in [2.45, 2.75) is 25.9 Å². The molecule has 1 aliphatic rings. The highest BCUT2D eigenvalue weighted by molar-refractivity contribution is 5.39. The maximum absolute atomic E-state index is 12.9. The van der Waals surface area contributed by atoms with Gasteiger partial charge < -0.3 is 9.64 Å².